The maximum Gasteiger partial charge on any atom is 0.311 e. The van der Waals surface area contributed by atoms with Gasteiger partial charge in [-0.05, 0) is 58.0 Å². The van der Waals surface area contributed by atoms with Crippen molar-refractivity contribution >= 4 is 23.2 Å². The molecule has 4 heterocycles. The van der Waals surface area contributed by atoms with Gasteiger partial charge in [-0.2, -0.15) is 9.03 Å². The number of fused-ring (bicyclic) bond motifs is 2. The van der Waals surface area contributed by atoms with E-state index in [2.05, 4.69) is 31.1 Å². The van der Waals surface area contributed by atoms with Crippen LogP contribution in [0.1, 0.15) is 38.5 Å². The zero-order chi connectivity index (χ0) is 20.8. The van der Waals surface area contributed by atoms with Gasteiger partial charge < -0.3 is 9.47 Å². The van der Waals surface area contributed by atoms with Crippen LogP contribution < -0.4 is 9.47 Å². The van der Waals surface area contributed by atoms with Gasteiger partial charge in [0.25, 0.3) is 0 Å². The number of pyridine rings is 2. The summed E-state index contributed by atoms with van der Waals surface area (Å²) < 4.78 is 13.5. The molecule has 0 unspecified atom stereocenters. The second-order valence-electron chi connectivity index (χ2n) is 6.50. The molecule has 12 nitrogen and oxygen atoms in total. The molecule has 0 aromatic carbocycles. The Kier molecular flexibility index (Phi) is 5.83. The molecule has 0 radical (unpaired) electrons. The summed E-state index contributed by atoms with van der Waals surface area (Å²) in [5.41, 5.74) is 0.781. The number of rotatable bonds is 9. The van der Waals surface area contributed by atoms with E-state index in [1.165, 1.54) is 9.03 Å². The van der Waals surface area contributed by atoms with Crippen molar-refractivity contribution in [3.05, 3.63) is 36.7 Å². The average Bonchev–Trinajstić information content (AvgIpc) is 3.41. The van der Waals surface area contributed by atoms with Gasteiger partial charge in [-0.15, -0.1) is 10.2 Å². The van der Waals surface area contributed by atoms with Crippen LogP contribution >= 0.6 is 0 Å². The van der Waals surface area contributed by atoms with Gasteiger partial charge >= 0.3 is 11.9 Å². The number of tetrazole rings is 2. The lowest BCUT2D eigenvalue weighted by atomic mass is 10.1. The number of carbonyl (C=O) groups excluding carboxylic acids is 2. The molecule has 0 aliphatic rings. The van der Waals surface area contributed by atoms with Crippen molar-refractivity contribution in [3.63, 3.8) is 0 Å². The predicted octanol–water partition coefficient (Wildman–Crippen LogP) is 1.41. The number of unbranched alkanes of at least 4 members (excludes halogenated alkanes) is 3. The molecule has 30 heavy (non-hydrogen) atoms. The van der Waals surface area contributed by atoms with E-state index in [1.807, 2.05) is 0 Å². The third kappa shape index (κ3) is 4.54. The van der Waals surface area contributed by atoms with Crippen LogP contribution in [0.15, 0.2) is 36.7 Å². The fourth-order valence-electron chi connectivity index (χ4n) is 2.88. The molecule has 4 aromatic rings. The van der Waals surface area contributed by atoms with Crippen LogP contribution in [0.4, 0.5) is 0 Å². The van der Waals surface area contributed by atoms with E-state index in [-0.39, 0.29) is 24.8 Å². The number of aromatic nitrogens is 8. The molecule has 0 N–H and O–H groups in total. The monoisotopic (exact) mass is 410 g/mol. The number of hydrogen-bond donors (Lipinski definition) is 0. The molecule has 154 valence electrons. The zero-order valence-corrected chi connectivity index (χ0v) is 15.9. The number of nitrogens with zero attached hydrogens (tertiary/aromatic N) is 8. The Labute approximate surface area is 169 Å². The van der Waals surface area contributed by atoms with Crippen LogP contribution in [-0.2, 0) is 9.59 Å². The van der Waals surface area contributed by atoms with E-state index in [0.29, 0.717) is 35.6 Å². The quantitative estimate of drug-likeness (QED) is 0.294. The van der Waals surface area contributed by atoms with E-state index in [1.54, 1.807) is 36.7 Å². The SMILES string of the molecule is O=C(CCCCCCC(=O)Oc1cccn2nnnc12)Oc1cccn2nnnc12. The highest BCUT2D eigenvalue weighted by atomic mass is 16.5. The van der Waals surface area contributed by atoms with Crippen molar-refractivity contribution in [1.29, 1.82) is 0 Å². The molecule has 4 rings (SSSR count). The van der Waals surface area contributed by atoms with Gasteiger partial charge in [0.15, 0.2) is 11.5 Å². The Balaban J connectivity index is 1.13. The summed E-state index contributed by atoms with van der Waals surface area (Å²) in [4.78, 5) is 24.0. The molecule has 0 aliphatic carbocycles. The van der Waals surface area contributed by atoms with Crippen LogP contribution in [0.5, 0.6) is 11.5 Å². The molecule has 0 atom stereocenters. The Morgan fingerprint density at radius 1 is 0.733 bits per heavy atom. The minimum Gasteiger partial charge on any atom is -0.422 e. The highest BCUT2D eigenvalue weighted by Gasteiger charge is 2.12. The van der Waals surface area contributed by atoms with Gasteiger partial charge in [0.1, 0.15) is 0 Å². The summed E-state index contributed by atoms with van der Waals surface area (Å²) in [6.07, 6.45) is 6.79. The fraction of sp³-hybridized carbons (Fsp3) is 0.333. The molecule has 0 saturated carbocycles. The van der Waals surface area contributed by atoms with Gasteiger partial charge in [0.2, 0.25) is 11.3 Å². The molecule has 12 heteroatoms. The number of hydrogen-bond acceptors (Lipinski definition) is 10. The normalized spacial score (nSPS) is 11.1. The maximum absolute atomic E-state index is 12.0. The summed E-state index contributed by atoms with van der Waals surface area (Å²) in [5, 5.41) is 22.2. The second kappa shape index (κ2) is 9.03. The van der Waals surface area contributed by atoms with Gasteiger partial charge in [0, 0.05) is 25.2 Å². The van der Waals surface area contributed by atoms with Gasteiger partial charge in [-0.3, -0.25) is 9.59 Å². The second-order valence-corrected chi connectivity index (χ2v) is 6.50. The lowest BCUT2D eigenvalue weighted by Gasteiger charge is -2.05. The zero-order valence-electron chi connectivity index (χ0n) is 15.9. The molecule has 0 amide bonds. The molecule has 0 aliphatic heterocycles. The first-order chi connectivity index (χ1) is 14.7. The Morgan fingerprint density at radius 3 is 1.67 bits per heavy atom. The maximum atomic E-state index is 12.0. The molecule has 4 aromatic heterocycles. The first-order valence-corrected chi connectivity index (χ1v) is 9.45. The van der Waals surface area contributed by atoms with Crippen LogP contribution in [0.3, 0.4) is 0 Å². The van der Waals surface area contributed by atoms with Crippen molar-refractivity contribution in [2.24, 2.45) is 0 Å². The third-order valence-corrected chi connectivity index (χ3v) is 4.34. The van der Waals surface area contributed by atoms with E-state index >= 15 is 0 Å². The largest absolute Gasteiger partial charge is 0.422 e. The smallest absolute Gasteiger partial charge is 0.311 e. The van der Waals surface area contributed by atoms with Crippen LogP contribution in [0.2, 0.25) is 0 Å². The van der Waals surface area contributed by atoms with Crippen molar-refractivity contribution in [1.82, 2.24) is 40.1 Å². The van der Waals surface area contributed by atoms with Gasteiger partial charge in [-0.25, -0.2) is 0 Å². The third-order valence-electron chi connectivity index (χ3n) is 4.34. The minimum atomic E-state index is -0.347. The summed E-state index contributed by atoms with van der Waals surface area (Å²) in [6, 6.07) is 6.69. The van der Waals surface area contributed by atoms with E-state index in [9.17, 15) is 9.59 Å². The molecule has 0 saturated heterocycles. The number of ether oxygens (including phenoxy) is 2. The highest BCUT2D eigenvalue weighted by molar-refractivity contribution is 5.75. The fourth-order valence-corrected chi connectivity index (χ4v) is 2.88. The molecule has 0 fully saturated rings. The summed E-state index contributed by atoms with van der Waals surface area (Å²) in [5.74, 6) is -0.0395. The summed E-state index contributed by atoms with van der Waals surface area (Å²) in [7, 11) is 0. The number of carbonyl (C=O) groups is 2. The molecule has 0 spiro atoms. The lowest BCUT2D eigenvalue weighted by molar-refractivity contribution is -0.135. The van der Waals surface area contributed by atoms with Gasteiger partial charge in [-0.1, -0.05) is 12.8 Å². The predicted molar refractivity (Wildman–Crippen MR) is 101 cm³/mol. The molecule has 0 bridgehead atoms. The standard InChI is InChI=1S/C18H18N8O4/c27-15(29-13-7-5-11-25-17(13)19-21-23-25)9-3-1-2-4-10-16(28)30-14-8-6-12-26-18(14)20-22-24-26/h5-8,11-12H,1-4,9-10H2. The van der Waals surface area contributed by atoms with E-state index in [4.69, 9.17) is 9.47 Å². The van der Waals surface area contributed by atoms with Crippen molar-refractivity contribution in [2.45, 2.75) is 38.5 Å². The molecular weight excluding hydrogens is 392 g/mol. The number of esters is 2. The lowest BCUT2D eigenvalue weighted by Crippen LogP contribution is -2.09. The first-order valence-electron chi connectivity index (χ1n) is 9.45. The van der Waals surface area contributed by atoms with Crippen LogP contribution in [-0.4, -0.2) is 52.0 Å². The highest BCUT2D eigenvalue weighted by Crippen LogP contribution is 2.18. The summed E-state index contributed by atoms with van der Waals surface area (Å²) in [6.45, 7) is 0. The van der Waals surface area contributed by atoms with E-state index in [0.717, 1.165) is 12.8 Å². The Bertz CT molecular complexity index is 1080. The van der Waals surface area contributed by atoms with Crippen molar-refractivity contribution in [2.75, 3.05) is 0 Å². The average molecular weight is 410 g/mol. The minimum absolute atomic E-state index is 0.273. The summed E-state index contributed by atoms with van der Waals surface area (Å²) >= 11 is 0. The topological polar surface area (TPSA) is 139 Å². The first kappa shape index (κ1) is 19.4. The molecular formula is C18H18N8O4. The van der Waals surface area contributed by atoms with Gasteiger partial charge in [0.05, 0.1) is 0 Å². The Morgan fingerprint density at radius 2 is 1.20 bits per heavy atom. The van der Waals surface area contributed by atoms with Crippen LogP contribution in [0.25, 0.3) is 11.3 Å². The van der Waals surface area contributed by atoms with Crippen molar-refractivity contribution in [3.8, 4) is 11.5 Å². The van der Waals surface area contributed by atoms with E-state index < -0.39 is 0 Å². The van der Waals surface area contributed by atoms with Crippen molar-refractivity contribution < 1.29 is 19.1 Å². The van der Waals surface area contributed by atoms with Crippen LogP contribution in [0, 0.1) is 0 Å². The Hall–Kier alpha value is -3.96.